The maximum absolute atomic E-state index is 5.70. The van der Waals surface area contributed by atoms with Gasteiger partial charge < -0.3 is 10.2 Å². The van der Waals surface area contributed by atoms with Crippen molar-refractivity contribution in [1.82, 2.24) is 20.2 Å². The number of nitrogens with two attached hydrogens (primary N) is 1. The van der Waals surface area contributed by atoms with Crippen molar-refractivity contribution in [3.63, 3.8) is 0 Å². The summed E-state index contributed by atoms with van der Waals surface area (Å²) in [5.41, 5.74) is 9.82. The van der Waals surface area contributed by atoms with Gasteiger partial charge in [0.15, 0.2) is 5.76 Å². The molecule has 0 saturated carbocycles. The molecule has 0 amide bonds. The first-order chi connectivity index (χ1) is 11.2. The lowest BCUT2D eigenvalue weighted by molar-refractivity contribution is 0.579. The number of nitrogens with zero attached hydrogens (tertiary/aromatic N) is 4. The maximum atomic E-state index is 5.70. The summed E-state index contributed by atoms with van der Waals surface area (Å²) in [4.78, 5) is 8.71. The highest BCUT2D eigenvalue weighted by Gasteiger charge is 2.16. The van der Waals surface area contributed by atoms with Crippen molar-refractivity contribution in [3.8, 4) is 22.7 Å². The molecule has 3 aromatic heterocycles. The summed E-state index contributed by atoms with van der Waals surface area (Å²) in [6.07, 6.45) is 3.38. The van der Waals surface area contributed by atoms with Crippen LogP contribution in [0, 0.1) is 6.92 Å². The summed E-state index contributed by atoms with van der Waals surface area (Å²) in [6.45, 7) is 2.02. The molecule has 2 N–H and O–H groups in total. The third-order valence-corrected chi connectivity index (χ3v) is 3.63. The van der Waals surface area contributed by atoms with E-state index >= 15 is 0 Å². The molecule has 23 heavy (non-hydrogen) atoms. The van der Waals surface area contributed by atoms with Gasteiger partial charge in [0.25, 0.3) is 0 Å². The lowest BCUT2D eigenvalue weighted by Crippen LogP contribution is -2.02. The summed E-state index contributed by atoms with van der Waals surface area (Å²) in [5.74, 6) is 0.713. The van der Waals surface area contributed by atoms with E-state index in [4.69, 9.17) is 10.2 Å². The topological polar surface area (TPSA) is 90.7 Å². The zero-order valence-corrected chi connectivity index (χ0v) is 12.4. The average Bonchev–Trinajstić information content (AvgIpc) is 3.09. The van der Waals surface area contributed by atoms with Crippen molar-refractivity contribution < 1.29 is 4.42 Å². The van der Waals surface area contributed by atoms with Crippen LogP contribution in [0.1, 0.15) is 5.56 Å². The molecule has 4 aromatic rings. The van der Waals surface area contributed by atoms with Gasteiger partial charge >= 0.3 is 0 Å². The number of benzene rings is 1. The van der Waals surface area contributed by atoms with Gasteiger partial charge in [0.2, 0.25) is 5.95 Å². The number of rotatable bonds is 2. The fourth-order valence-corrected chi connectivity index (χ4v) is 2.63. The van der Waals surface area contributed by atoms with E-state index in [9.17, 15) is 0 Å². The highest BCUT2D eigenvalue weighted by Crippen LogP contribution is 2.31. The fraction of sp³-hybridized carbons (Fsp3) is 0.0588. The van der Waals surface area contributed by atoms with Crippen LogP contribution in [0.3, 0.4) is 0 Å². The van der Waals surface area contributed by atoms with Gasteiger partial charge in [-0.15, -0.1) is 10.2 Å². The number of anilines is 1. The molecule has 0 aliphatic heterocycles. The molecule has 4 rings (SSSR count). The number of aryl methyl sites for hydroxylation is 1. The quantitative estimate of drug-likeness (QED) is 0.611. The Morgan fingerprint density at radius 3 is 2.78 bits per heavy atom. The van der Waals surface area contributed by atoms with Crippen molar-refractivity contribution in [2.24, 2.45) is 0 Å². The van der Waals surface area contributed by atoms with Gasteiger partial charge in [0, 0.05) is 17.1 Å². The Labute approximate surface area is 132 Å². The van der Waals surface area contributed by atoms with Crippen LogP contribution in [0.5, 0.6) is 0 Å². The molecule has 1 aromatic carbocycles. The van der Waals surface area contributed by atoms with Crippen LogP contribution in [0.2, 0.25) is 0 Å². The molecule has 0 radical (unpaired) electrons. The zero-order chi connectivity index (χ0) is 15.8. The Hall–Kier alpha value is -3.28. The first kappa shape index (κ1) is 13.4. The zero-order valence-electron chi connectivity index (χ0n) is 12.4. The van der Waals surface area contributed by atoms with Gasteiger partial charge in [-0.25, -0.2) is 4.98 Å². The van der Waals surface area contributed by atoms with Gasteiger partial charge in [0.1, 0.15) is 11.4 Å². The van der Waals surface area contributed by atoms with Crippen molar-refractivity contribution in [2.45, 2.75) is 6.92 Å². The molecular weight excluding hydrogens is 290 g/mol. The van der Waals surface area contributed by atoms with E-state index in [1.807, 2.05) is 37.3 Å². The van der Waals surface area contributed by atoms with Gasteiger partial charge in [-0.2, -0.15) is 0 Å². The Balaban J connectivity index is 1.98. The van der Waals surface area contributed by atoms with Crippen LogP contribution in [0.15, 0.2) is 53.3 Å². The summed E-state index contributed by atoms with van der Waals surface area (Å²) in [6, 6.07) is 11.6. The van der Waals surface area contributed by atoms with Crippen molar-refractivity contribution in [3.05, 3.63) is 54.4 Å². The largest absolute Gasteiger partial charge is 0.463 e. The van der Waals surface area contributed by atoms with Crippen LogP contribution in [0.4, 0.5) is 5.95 Å². The molecule has 0 atom stereocenters. The van der Waals surface area contributed by atoms with Gasteiger partial charge in [-0.3, -0.25) is 4.98 Å². The van der Waals surface area contributed by atoms with Gasteiger partial charge in [-0.05, 0) is 42.8 Å². The molecular formula is C17H13N5O. The number of hydrogen-bond acceptors (Lipinski definition) is 6. The normalized spacial score (nSPS) is 11.0. The number of nitrogen functional groups attached to an aromatic ring is 1. The van der Waals surface area contributed by atoms with E-state index in [2.05, 4.69) is 20.2 Å². The molecule has 0 spiro atoms. The van der Waals surface area contributed by atoms with E-state index < -0.39 is 0 Å². The summed E-state index contributed by atoms with van der Waals surface area (Å²) < 4.78 is 5.46. The smallest absolute Gasteiger partial charge is 0.240 e. The lowest BCUT2D eigenvalue weighted by Gasteiger charge is -2.08. The molecule has 0 aliphatic rings. The van der Waals surface area contributed by atoms with Crippen LogP contribution in [-0.2, 0) is 0 Å². The maximum Gasteiger partial charge on any atom is 0.240 e. The number of fused-ring (bicyclic) bond motifs is 1. The van der Waals surface area contributed by atoms with E-state index in [1.54, 1.807) is 18.5 Å². The number of hydrogen-bond donors (Lipinski definition) is 1. The molecule has 0 fully saturated rings. The van der Waals surface area contributed by atoms with Crippen LogP contribution in [-0.4, -0.2) is 20.2 Å². The van der Waals surface area contributed by atoms with Crippen LogP contribution in [0.25, 0.3) is 33.6 Å². The summed E-state index contributed by atoms with van der Waals surface area (Å²) >= 11 is 0. The lowest BCUT2D eigenvalue weighted by atomic mass is 10.0. The van der Waals surface area contributed by atoms with Crippen molar-refractivity contribution in [1.29, 1.82) is 0 Å². The third-order valence-electron chi connectivity index (χ3n) is 3.63. The molecule has 112 valence electrons. The molecule has 0 aliphatic carbocycles. The van der Waals surface area contributed by atoms with Gasteiger partial charge in [-0.1, -0.05) is 6.07 Å². The Morgan fingerprint density at radius 1 is 1.04 bits per heavy atom. The minimum absolute atomic E-state index is 0.110. The monoisotopic (exact) mass is 303 g/mol. The fourth-order valence-electron chi connectivity index (χ4n) is 2.63. The number of pyridine rings is 1. The molecule has 0 bridgehead atoms. The minimum atomic E-state index is 0.110. The molecule has 0 unspecified atom stereocenters. The molecule has 3 heterocycles. The first-order valence-corrected chi connectivity index (χ1v) is 7.12. The summed E-state index contributed by atoms with van der Waals surface area (Å²) in [7, 11) is 0. The van der Waals surface area contributed by atoms with E-state index in [0.29, 0.717) is 17.1 Å². The minimum Gasteiger partial charge on any atom is -0.463 e. The van der Waals surface area contributed by atoms with Gasteiger partial charge in [0.05, 0.1) is 11.8 Å². The second-order valence-electron chi connectivity index (χ2n) is 5.21. The predicted octanol–water partition coefficient (Wildman–Crippen LogP) is 3.24. The van der Waals surface area contributed by atoms with Crippen LogP contribution < -0.4 is 5.73 Å². The van der Waals surface area contributed by atoms with E-state index in [0.717, 1.165) is 22.0 Å². The van der Waals surface area contributed by atoms with Crippen LogP contribution >= 0.6 is 0 Å². The Morgan fingerprint density at radius 2 is 1.96 bits per heavy atom. The van der Waals surface area contributed by atoms with Crippen molar-refractivity contribution in [2.75, 3.05) is 5.73 Å². The second-order valence-corrected chi connectivity index (χ2v) is 5.21. The van der Waals surface area contributed by atoms with E-state index in [1.165, 1.54) is 0 Å². The Kier molecular flexibility index (Phi) is 3.01. The van der Waals surface area contributed by atoms with Crippen molar-refractivity contribution >= 4 is 16.9 Å². The highest BCUT2D eigenvalue weighted by atomic mass is 16.3. The third kappa shape index (κ3) is 2.30. The number of furan rings is 1. The second kappa shape index (κ2) is 5.17. The number of aromatic nitrogens is 4. The SMILES string of the molecule is Cc1cc(-c2nnc(N)nc2-c2ccco2)cc2cccnc12. The first-order valence-electron chi connectivity index (χ1n) is 7.12. The average molecular weight is 303 g/mol. The summed E-state index contributed by atoms with van der Waals surface area (Å²) in [5, 5.41) is 9.16. The molecule has 6 nitrogen and oxygen atoms in total. The predicted molar refractivity (Wildman–Crippen MR) is 87.4 cm³/mol. The Bertz CT molecular complexity index is 995. The van der Waals surface area contributed by atoms with E-state index in [-0.39, 0.29) is 5.95 Å². The molecule has 0 saturated heterocycles. The molecule has 6 heteroatoms. The highest BCUT2D eigenvalue weighted by molar-refractivity contribution is 5.88. The standard InChI is InChI=1S/C17H13N5O/c1-10-8-12(9-11-4-2-6-19-14(10)11)15-16(13-5-3-7-23-13)20-17(18)22-21-15/h2-9H,1H3,(H2,18,20,22).